The van der Waals surface area contributed by atoms with E-state index in [0.29, 0.717) is 15.9 Å². The SMILES string of the molecule is Cc1ccc(NC(=O)Cn2c(-c3ccc(Cl)cc3Cl)nc3ccccc32)c(C)c1. The van der Waals surface area contributed by atoms with E-state index in [2.05, 4.69) is 5.32 Å². The molecule has 146 valence electrons. The minimum atomic E-state index is -0.133. The van der Waals surface area contributed by atoms with Crippen molar-refractivity contribution in [2.24, 2.45) is 0 Å². The third-order valence-corrected chi connectivity index (χ3v) is 5.33. The number of nitrogens with one attached hydrogen (secondary N) is 1. The minimum absolute atomic E-state index is 0.113. The van der Waals surface area contributed by atoms with Gasteiger partial charge in [0.05, 0.1) is 16.1 Å². The topological polar surface area (TPSA) is 46.9 Å². The van der Waals surface area contributed by atoms with Crippen LogP contribution >= 0.6 is 23.2 Å². The number of aromatic nitrogens is 2. The van der Waals surface area contributed by atoms with Gasteiger partial charge in [0.1, 0.15) is 12.4 Å². The van der Waals surface area contributed by atoms with Crippen LogP contribution in [0.25, 0.3) is 22.4 Å². The van der Waals surface area contributed by atoms with Crippen LogP contribution < -0.4 is 5.32 Å². The molecule has 29 heavy (non-hydrogen) atoms. The maximum atomic E-state index is 12.9. The number of hydrogen-bond acceptors (Lipinski definition) is 2. The number of nitrogens with zero attached hydrogens (tertiary/aromatic N) is 2. The number of carbonyl (C=O) groups excluding carboxylic acids is 1. The highest BCUT2D eigenvalue weighted by molar-refractivity contribution is 6.36. The van der Waals surface area contributed by atoms with Gasteiger partial charge >= 0.3 is 0 Å². The van der Waals surface area contributed by atoms with Gasteiger partial charge in [-0.1, -0.05) is 53.0 Å². The number of rotatable bonds is 4. The van der Waals surface area contributed by atoms with Crippen molar-refractivity contribution in [3.8, 4) is 11.4 Å². The van der Waals surface area contributed by atoms with E-state index in [1.165, 1.54) is 0 Å². The van der Waals surface area contributed by atoms with Gasteiger partial charge in [-0.3, -0.25) is 4.79 Å². The zero-order valence-corrected chi connectivity index (χ0v) is 17.6. The smallest absolute Gasteiger partial charge is 0.244 e. The van der Waals surface area contributed by atoms with Crippen LogP contribution in [-0.2, 0) is 11.3 Å². The summed E-state index contributed by atoms with van der Waals surface area (Å²) in [4.78, 5) is 17.6. The summed E-state index contributed by atoms with van der Waals surface area (Å²) in [6.45, 7) is 4.12. The second-order valence-electron chi connectivity index (χ2n) is 7.00. The number of halogens is 2. The molecule has 0 fully saturated rings. The molecule has 0 aliphatic heterocycles. The number of carbonyl (C=O) groups is 1. The molecule has 0 spiro atoms. The first-order valence-electron chi connectivity index (χ1n) is 9.20. The van der Waals surface area contributed by atoms with Crippen molar-refractivity contribution < 1.29 is 4.79 Å². The molecule has 1 heterocycles. The molecule has 0 saturated heterocycles. The fourth-order valence-electron chi connectivity index (χ4n) is 3.40. The quantitative estimate of drug-likeness (QED) is 0.420. The van der Waals surface area contributed by atoms with Gasteiger partial charge in [-0.25, -0.2) is 4.98 Å². The zero-order valence-electron chi connectivity index (χ0n) is 16.0. The maximum Gasteiger partial charge on any atom is 0.244 e. The number of imidazole rings is 1. The summed E-state index contributed by atoms with van der Waals surface area (Å²) < 4.78 is 1.88. The minimum Gasteiger partial charge on any atom is -0.324 e. The van der Waals surface area contributed by atoms with E-state index in [0.717, 1.165) is 33.4 Å². The highest BCUT2D eigenvalue weighted by Crippen LogP contribution is 2.32. The molecule has 0 bridgehead atoms. The lowest BCUT2D eigenvalue weighted by atomic mass is 10.1. The number of amides is 1. The molecule has 0 aliphatic carbocycles. The fraction of sp³-hybridized carbons (Fsp3) is 0.130. The Bertz CT molecular complexity index is 1230. The third-order valence-electron chi connectivity index (χ3n) is 4.78. The van der Waals surface area contributed by atoms with Crippen LogP contribution in [0.4, 0.5) is 5.69 Å². The van der Waals surface area contributed by atoms with Crippen molar-refractivity contribution in [3.05, 3.63) is 81.8 Å². The molecule has 1 amide bonds. The maximum absolute atomic E-state index is 12.9. The Morgan fingerprint density at radius 2 is 1.83 bits per heavy atom. The van der Waals surface area contributed by atoms with Crippen LogP contribution in [0.1, 0.15) is 11.1 Å². The van der Waals surface area contributed by atoms with Gasteiger partial charge in [-0.05, 0) is 55.8 Å². The van der Waals surface area contributed by atoms with Crippen molar-refractivity contribution >= 4 is 45.8 Å². The number of para-hydroxylation sites is 2. The van der Waals surface area contributed by atoms with E-state index in [4.69, 9.17) is 28.2 Å². The van der Waals surface area contributed by atoms with Crippen molar-refractivity contribution in [2.75, 3.05) is 5.32 Å². The van der Waals surface area contributed by atoms with Gasteiger partial charge in [-0.15, -0.1) is 0 Å². The molecule has 4 nitrogen and oxygen atoms in total. The van der Waals surface area contributed by atoms with Crippen LogP contribution in [0.15, 0.2) is 60.7 Å². The second kappa shape index (κ2) is 7.90. The molecule has 0 aliphatic rings. The summed E-state index contributed by atoms with van der Waals surface area (Å²) in [6.07, 6.45) is 0. The summed E-state index contributed by atoms with van der Waals surface area (Å²) in [7, 11) is 0. The third kappa shape index (κ3) is 4.00. The van der Waals surface area contributed by atoms with E-state index in [1.807, 2.05) is 66.9 Å². The van der Waals surface area contributed by atoms with Crippen molar-refractivity contribution in [1.29, 1.82) is 0 Å². The number of hydrogen-bond donors (Lipinski definition) is 1. The highest BCUT2D eigenvalue weighted by Gasteiger charge is 2.17. The fourth-order valence-corrected chi connectivity index (χ4v) is 3.89. The monoisotopic (exact) mass is 423 g/mol. The molecule has 1 N–H and O–H groups in total. The molecule has 1 aromatic heterocycles. The molecular weight excluding hydrogens is 405 g/mol. The van der Waals surface area contributed by atoms with E-state index in [-0.39, 0.29) is 12.5 Å². The molecule has 4 aromatic rings. The van der Waals surface area contributed by atoms with Gasteiger partial charge in [0.25, 0.3) is 0 Å². The molecule has 0 atom stereocenters. The Morgan fingerprint density at radius 1 is 1.03 bits per heavy atom. The Morgan fingerprint density at radius 3 is 2.59 bits per heavy atom. The number of benzene rings is 3. The summed E-state index contributed by atoms with van der Waals surface area (Å²) in [5.41, 5.74) is 5.37. The van der Waals surface area contributed by atoms with Crippen LogP contribution in [-0.4, -0.2) is 15.5 Å². The second-order valence-corrected chi connectivity index (χ2v) is 7.84. The highest BCUT2D eigenvalue weighted by atomic mass is 35.5. The van der Waals surface area contributed by atoms with Gasteiger partial charge in [-0.2, -0.15) is 0 Å². The van der Waals surface area contributed by atoms with Gasteiger partial charge in [0, 0.05) is 16.3 Å². The van der Waals surface area contributed by atoms with Gasteiger partial charge in [0.15, 0.2) is 0 Å². The average molecular weight is 424 g/mol. The van der Waals surface area contributed by atoms with E-state index in [9.17, 15) is 4.79 Å². The summed E-state index contributed by atoms with van der Waals surface area (Å²) >= 11 is 12.5. The van der Waals surface area contributed by atoms with Crippen LogP contribution in [0.5, 0.6) is 0 Å². The molecule has 0 radical (unpaired) electrons. The molecule has 6 heteroatoms. The lowest BCUT2D eigenvalue weighted by Gasteiger charge is -2.13. The Balaban J connectivity index is 1.73. The van der Waals surface area contributed by atoms with Crippen molar-refractivity contribution in [3.63, 3.8) is 0 Å². The first kappa shape index (κ1) is 19.5. The Labute approximate surface area is 179 Å². The van der Waals surface area contributed by atoms with Gasteiger partial charge in [0.2, 0.25) is 5.91 Å². The van der Waals surface area contributed by atoms with E-state index >= 15 is 0 Å². The van der Waals surface area contributed by atoms with Gasteiger partial charge < -0.3 is 9.88 Å². The summed E-state index contributed by atoms with van der Waals surface area (Å²) in [5.74, 6) is 0.495. The van der Waals surface area contributed by atoms with E-state index < -0.39 is 0 Å². The van der Waals surface area contributed by atoms with Crippen LogP contribution in [0.3, 0.4) is 0 Å². The van der Waals surface area contributed by atoms with Crippen molar-refractivity contribution in [2.45, 2.75) is 20.4 Å². The normalized spacial score (nSPS) is 11.0. The number of fused-ring (bicyclic) bond motifs is 1. The lowest BCUT2D eigenvalue weighted by molar-refractivity contribution is -0.116. The summed E-state index contributed by atoms with van der Waals surface area (Å²) in [5, 5.41) is 4.04. The standard InChI is InChI=1S/C23H19Cl2N3O/c1-14-7-10-19(15(2)11-14)26-22(29)13-28-21-6-4-3-5-20(21)27-23(28)17-9-8-16(24)12-18(17)25/h3-12H,13H2,1-2H3,(H,26,29). The molecule has 0 saturated carbocycles. The lowest BCUT2D eigenvalue weighted by Crippen LogP contribution is -2.20. The number of aryl methyl sites for hydroxylation is 2. The molecular formula is C23H19Cl2N3O. The predicted octanol–water partition coefficient (Wildman–Crippen LogP) is 6.27. The Hall–Kier alpha value is -2.82. The van der Waals surface area contributed by atoms with Crippen molar-refractivity contribution in [1.82, 2.24) is 9.55 Å². The molecule has 0 unspecified atom stereocenters. The average Bonchev–Trinajstić information content (AvgIpc) is 3.02. The molecule has 4 rings (SSSR count). The number of anilines is 1. The van der Waals surface area contributed by atoms with Crippen LogP contribution in [0.2, 0.25) is 10.0 Å². The largest absolute Gasteiger partial charge is 0.324 e. The first-order valence-corrected chi connectivity index (χ1v) is 9.96. The molecule has 3 aromatic carbocycles. The summed E-state index contributed by atoms with van der Waals surface area (Å²) in [6, 6.07) is 18.9. The first-order chi connectivity index (χ1) is 13.9. The predicted molar refractivity (Wildman–Crippen MR) is 120 cm³/mol. The zero-order chi connectivity index (χ0) is 20.5. The van der Waals surface area contributed by atoms with E-state index in [1.54, 1.807) is 12.1 Å². The van der Waals surface area contributed by atoms with Crippen LogP contribution in [0, 0.1) is 13.8 Å². The Kier molecular flexibility index (Phi) is 5.31.